The summed E-state index contributed by atoms with van der Waals surface area (Å²) in [5, 5.41) is 5.69. The molecule has 0 atom stereocenters. The van der Waals surface area contributed by atoms with Crippen LogP contribution in [0.1, 0.15) is 5.56 Å². The number of nitrogens with two attached hydrogens (primary N) is 1. The summed E-state index contributed by atoms with van der Waals surface area (Å²) in [4.78, 5) is 15.9. The average Bonchev–Trinajstić information content (AvgIpc) is 2.61. The quantitative estimate of drug-likeness (QED) is 0.250. The molecular formula is C18H22FIN4O2. The molecule has 4 N–H and O–H groups in total. The topological polar surface area (TPSA) is 88.7 Å². The van der Waals surface area contributed by atoms with Crippen molar-refractivity contribution in [3.05, 3.63) is 59.9 Å². The van der Waals surface area contributed by atoms with Crippen molar-refractivity contribution in [2.45, 2.75) is 6.42 Å². The third-order valence-electron chi connectivity index (χ3n) is 3.36. The number of nitrogens with one attached hydrogen (secondary N) is 2. The van der Waals surface area contributed by atoms with Gasteiger partial charge >= 0.3 is 0 Å². The maximum Gasteiger partial charge on any atom is 0.224 e. The highest BCUT2D eigenvalue weighted by Gasteiger charge is 2.03. The zero-order valence-corrected chi connectivity index (χ0v) is 16.7. The van der Waals surface area contributed by atoms with Crippen molar-refractivity contribution in [1.82, 2.24) is 5.32 Å². The smallest absolute Gasteiger partial charge is 0.224 e. The van der Waals surface area contributed by atoms with E-state index in [0.29, 0.717) is 13.1 Å². The first kappa shape index (κ1) is 21.7. The number of ether oxygens (including phenoxy) is 1. The number of hydrogen-bond donors (Lipinski definition) is 3. The molecule has 0 aliphatic rings. The van der Waals surface area contributed by atoms with E-state index < -0.39 is 0 Å². The molecule has 2 rings (SSSR count). The van der Waals surface area contributed by atoms with Gasteiger partial charge in [0.05, 0.1) is 20.1 Å². The van der Waals surface area contributed by atoms with E-state index in [1.807, 2.05) is 24.3 Å². The standard InChI is InChI=1S/C18H21FN4O2.HI/c1-25-16-8-6-15(7-9-16)23-18(20)22-11-10-21-17(24)12-13-2-4-14(19)5-3-13;/h2-9H,10-12H2,1H3,(H,21,24)(H3,20,22,23);1H. The molecule has 0 aliphatic heterocycles. The van der Waals surface area contributed by atoms with Crippen LogP contribution in [0, 0.1) is 5.82 Å². The monoisotopic (exact) mass is 472 g/mol. The fourth-order valence-electron chi connectivity index (χ4n) is 2.08. The van der Waals surface area contributed by atoms with E-state index >= 15 is 0 Å². The van der Waals surface area contributed by atoms with Crippen molar-refractivity contribution >= 4 is 41.5 Å². The Kier molecular flexibility index (Phi) is 9.42. The minimum absolute atomic E-state index is 0. The van der Waals surface area contributed by atoms with Crippen molar-refractivity contribution in [1.29, 1.82) is 0 Å². The summed E-state index contributed by atoms with van der Waals surface area (Å²) in [6.45, 7) is 0.717. The summed E-state index contributed by atoms with van der Waals surface area (Å²) in [6, 6.07) is 13.1. The van der Waals surface area contributed by atoms with Gasteiger partial charge in [-0.3, -0.25) is 9.79 Å². The second-order valence-electron chi connectivity index (χ2n) is 5.27. The molecule has 1 amide bonds. The molecule has 0 bridgehead atoms. The number of carbonyl (C=O) groups is 1. The third-order valence-corrected chi connectivity index (χ3v) is 3.36. The molecular weight excluding hydrogens is 450 g/mol. The van der Waals surface area contributed by atoms with Gasteiger partial charge in [-0.05, 0) is 42.0 Å². The molecule has 8 heteroatoms. The molecule has 0 aromatic heterocycles. The Hall–Kier alpha value is -2.36. The number of benzene rings is 2. The van der Waals surface area contributed by atoms with Crippen molar-refractivity contribution in [3.8, 4) is 5.75 Å². The zero-order valence-electron chi connectivity index (χ0n) is 14.4. The van der Waals surface area contributed by atoms with Gasteiger partial charge in [-0.2, -0.15) is 0 Å². The summed E-state index contributed by atoms with van der Waals surface area (Å²) in [5.74, 6) is 0.546. The van der Waals surface area contributed by atoms with Crippen LogP contribution >= 0.6 is 24.0 Å². The highest BCUT2D eigenvalue weighted by atomic mass is 127. The van der Waals surface area contributed by atoms with Crippen LogP contribution < -0.4 is 21.1 Å². The molecule has 140 valence electrons. The Bertz CT molecular complexity index is 721. The fourth-order valence-corrected chi connectivity index (χ4v) is 2.08. The predicted octanol–water partition coefficient (Wildman–Crippen LogP) is 2.54. The van der Waals surface area contributed by atoms with Crippen LogP contribution in [0.25, 0.3) is 0 Å². The van der Waals surface area contributed by atoms with Crippen molar-refractivity contribution in [3.63, 3.8) is 0 Å². The fraction of sp³-hybridized carbons (Fsp3) is 0.222. The number of rotatable bonds is 7. The molecule has 0 radical (unpaired) electrons. The van der Waals surface area contributed by atoms with E-state index in [9.17, 15) is 9.18 Å². The molecule has 0 aliphatic carbocycles. The lowest BCUT2D eigenvalue weighted by atomic mass is 10.1. The number of halogens is 2. The highest BCUT2D eigenvalue weighted by Crippen LogP contribution is 2.14. The maximum absolute atomic E-state index is 12.8. The van der Waals surface area contributed by atoms with Crippen LogP contribution in [0.2, 0.25) is 0 Å². The van der Waals surface area contributed by atoms with E-state index in [1.54, 1.807) is 19.2 Å². The minimum Gasteiger partial charge on any atom is -0.497 e. The van der Waals surface area contributed by atoms with Crippen molar-refractivity contribution in [2.24, 2.45) is 10.7 Å². The lowest BCUT2D eigenvalue weighted by molar-refractivity contribution is -0.120. The molecule has 26 heavy (non-hydrogen) atoms. The van der Waals surface area contributed by atoms with E-state index in [2.05, 4.69) is 15.6 Å². The van der Waals surface area contributed by atoms with Gasteiger partial charge in [0.25, 0.3) is 0 Å². The summed E-state index contributed by atoms with van der Waals surface area (Å²) in [5.41, 5.74) is 7.34. The molecule has 2 aromatic rings. The van der Waals surface area contributed by atoms with Crippen LogP contribution in [-0.2, 0) is 11.2 Å². The summed E-state index contributed by atoms with van der Waals surface area (Å²) < 4.78 is 17.9. The number of carbonyl (C=O) groups excluding carboxylic acids is 1. The molecule has 2 aromatic carbocycles. The van der Waals surface area contributed by atoms with Crippen molar-refractivity contribution in [2.75, 3.05) is 25.5 Å². The number of guanidine groups is 1. The lowest BCUT2D eigenvalue weighted by Crippen LogP contribution is -2.29. The second kappa shape index (κ2) is 11.3. The largest absolute Gasteiger partial charge is 0.497 e. The van der Waals surface area contributed by atoms with Crippen LogP contribution in [0.3, 0.4) is 0 Å². The van der Waals surface area contributed by atoms with E-state index in [4.69, 9.17) is 10.5 Å². The number of aliphatic imine (C=N–C) groups is 1. The van der Waals surface area contributed by atoms with Crippen LogP contribution in [0.15, 0.2) is 53.5 Å². The molecule has 0 saturated heterocycles. The van der Waals surface area contributed by atoms with Gasteiger partial charge in [0.2, 0.25) is 5.91 Å². The number of anilines is 1. The van der Waals surface area contributed by atoms with Gasteiger partial charge in [0.1, 0.15) is 11.6 Å². The Labute approximate surface area is 169 Å². The SMILES string of the molecule is COc1ccc(NC(N)=NCCNC(=O)Cc2ccc(F)cc2)cc1.I. The lowest BCUT2D eigenvalue weighted by Gasteiger charge is -2.07. The Morgan fingerprint density at radius 1 is 1.15 bits per heavy atom. The number of methoxy groups -OCH3 is 1. The molecule has 0 heterocycles. The Morgan fingerprint density at radius 2 is 1.81 bits per heavy atom. The molecule has 0 fully saturated rings. The van der Waals surface area contributed by atoms with E-state index in [-0.39, 0.29) is 48.1 Å². The van der Waals surface area contributed by atoms with Crippen molar-refractivity contribution < 1.29 is 13.9 Å². The number of amides is 1. The van der Waals surface area contributed by atoms with Crippen LogP contribution in [0.4, 0.5) is 10.1 Å². The first-order valence-corrected chi connectivity index (χ1v) is 7.79. The van der Waals surface area contributed by atoms with E-state index in [0.717, 1.165) is 17.0 Å². The Balaban J connectivity index is 0.00000338. The normalized spacial score (nSPS) is 10.6. The molecule has 0 spiro atoms. The minimum atomic E-state index is -0.321. The average molecular weight is 472 g/mol. The predicted molar refractivity (Wildman–Crippen MR) is 112 cm³/mol. The first-order valence-electron chi connectivity index (χ1n) is 7.79. The zero-order chi connectivity index (χ0) is 18.1. The highest BCUT2D eigenvalue weighted by molar-refractivity contribution is 14.0. The van der Waals surface area contributed by atoms with Gasteiger partial charge in [0, 0.05) is 12.2 Å². The van der Waals surface area contributed by atoms with Gasteiger partial charge in [-0.25, -0.2) is 4.39 Å². The van der Waals surface area contributed by atoms with Gasteiger partial charge < -0.3 is 21.1 Å². The number of nitrogens with zero attached hydrogens (tertiary/aromatic N) is 1. The van der Waals surface area contributed by atoms with Crippen LogP contribution in [-0.4, -0.2) is 32.1 Å². The van der Waals surface area contributed by atoms with Gasteiger partial charge in [-0.15, -0.1) is 24.0 Å². The molecule has 0 unspecified atom stereocenters. The summed E-state index contributed by atoms with van der Waals surface area (Å²) in [7, 11) is 1.60. The molecule has 6 nitrogen and oxygen atoms in total. The first-order chi connectivity index (χ1) is 12.1. The Morgan fingerprint density at radius 3 is 2.42 bits per heavy atom. The number of hydrogen-bond acceptors (Lipinski definition) is 3. The van der Waals surface area contributed by atoms with Crippen LogP contribution in [0.5, 0.6) is 5.75 Å². The maximum atomic E-state index is 12.8. The second-order valence-corrected chi connectivity index (χ2v) is 5.27. The van der Waals surface area contributed by atoms with Gasteiger partial charge in [0.15, 0.2) is 5.96 Å². The molecule has 0 saturated carbocycles. The third kappa shape index (κ3) is 7.68. The van der Waals surface area contributed by atoms with E-state index in [1.165, 1.54) is 12.1 Å². The summed E-state index contributed by atoms with van der Waals surface area (Å²) in [6.07, 6.45) is 0.198. The van der Waals surface area contributed by atoms with Gasteiger partial charge in [-0.1, -0.05) is 12.1 Å². The summed E-state index contributed by atoms with van der Waals surface area (Å²) >= 11 is 0.